The number of rotatable bonds is 3. The van der Waals surface area contributed by atoms with E-state index in [1.807, 2.05) is 41.2 Å². The molecule has 3 aromatic rings. The van der Waals surface area contributed by atoms with Crippen molar-refractivity contribution in [2.75, 3.05) is 5.32 Å². The molecule has 3 rings (SSSR count). The summed E-state index contributed by atoms with van der Waals surface area (Å²) in [5.74, 6) is 0. The Morgan fingerprint density at radius 3 is 2.95 bits per heavy atom. The minimum absolute atomic E-state index is 0.619. The fraction of sp³-hybridized carbons (Fsp3) is 0.154. The molecule has 2 heterocycles. The van der Waals surface area contributed by atoms with E-state index in [1.165, 1.54) is 0 Å². The van der Waals surface area contributed by atoms with Crippen LogP contribution < -0.4 is 5.32 Å². The van der Waals surface area contributed by atoms with Gasteiger partial charge in [-0.05, 0) is 24.6 Å². The molecule has 0 amide bonds. The lowest BCUT2D eigenvalue weighted by Crippen LogP contribution is -2.00. The molecular formula is C13H11Cl2N3S. The molecule has 0 aliphatic heterocycles. The summed E-state index contributed by atoms with van der Waals surface area (Å²) in [6.07, 6.45) is 3.99. The van der Waals surface area contributed by atoms with Crippen LogP contribution >= 0.6 is 34.5 Å². The van der Waals surface area contributed by atoms with Crippen LogP contribution in [-0.4, -0.2) is 9.38 Å². The van der Waals surface area contributed by atoms with Gasteiger partial charge in [-0.3, -0.25) is 4.40 Å². The predicted octanol–water partition coefficient (Wildman–Crippen LogP) is 4.62. The summed E-state index contributed by atoms with van der Waals surface area (Å²) >= 11 is 13.9. The molecule has 0 aliphatic carbocycles. The second-order valence-corrected chi connectivity index (χ2v) is 5.95. The second-order valence-electron chi connectivity index (χ2n) is 4.26. The minimum Gasteiger partial charge on any atom is -0.378 e. The van der Waals surface area contributed by atoms with E-state index in [2.05, 4.69) is 10.3 Å². The summed E-state index contributed by atoms with van der Waals surface area (Å²) in [5, 5.41) is 6.65. The summed E-state index contributed by atoms with van der Waals surface area (Å²) in [5.41, 5.74) is 2.77. The van der Waals surface area contributed by atoms with E-state index < -0.39 is 0 Å². The van der Waals surface area contributed by atoms with Gasteiger partial charge >= 0.3 is 0 Å². The molecule has 19 heavy (non-hydrogen) atoms. The fourth-order valence-electron chi connectivity index (χ4n) is 1.83. The Hall–Kier alpha value is -1.23. The van der Waals surface area contributed by atoms with Gasteiger partial charge < -0.3 is 5.32 Å². The zero-order valence-corrected chi connectivity index (χ0v) is 12.5. The predicted molar refractivity (Wildman–Crippen MR) is 81.6 cm³/mol. The Kier molecular flexibility index (Phi) is 3.39. The number of aryl methyl sites for hydroxylation is 1. The number of nitrogens with one attached hydrogen (secondary N) is 1. The van der Waals surface area contributed by atoms with Crippen molar-refractivity contribution < 1.29 is 0 Å². The Balaban J connectivity index is 1.79. The van der Waals surface area contributed by atoms with Gasteiger partial charge in [0, 0.05) is 22.8 Å². The minimum atomic E-state index is 0.619. The lowest BCUT2D eigenvalue weighted by Gasteiger charge is -2.09. The maximum atomic E-state index is 6.18. The van der Waals surface area contributed by atoms with Crippen molar-refractivity contribution in [1.29, 1.82) is 0 Å². The lowest BCUT2D eigenvalue weighted by atomic mass is 10.2. The number of imidazole rings is 1. The van der Waals surface area contributed by atoms with Crippen LogP contribution in [0.1, 0.15) is 11.3 Å². The number of halogens is 2. The van der Waals surface area contributed by atoms with Gasteiger partial charge in [0.25, 0.3) is 0 Å². The third-order valence-corrected chi connectivity index (χ3v) is 4.34. The van der Waals surface area contributed by atoms with Gasteiger partial charge in [0.05, 0.1) is 22.9 Å². The number of fused-ring (bicyclic) bond motifs is 1. The van der Waals surface area contributed by atoms with Gasteiger partial charge in [0.2, 0.25) is 0 Å². The number of benzene rings is 1. The van der Waals surface area contributed by atoms with Gasteiger partial charge in [-0.2, -0.15) is 0 Å². The van der Waals surface area contributed by atoms with E-state index in [9.17, 15) is 0 Å². The second kappa shape index (κ2) is 5.04. The standard InChI is InChI=1S/C13H11Cl2N3S/c1-8-4-11(15)12(5-10(8)14)16-6-9-7-18-2-3-19-13(18)17-9/h2-5,7,16H,6H2,1H3. The highest BCUT2D eigenvalue weighted by molar-refractivity contribution is 7.15. The number of anilines is 1. The van der Waals surface area contributed by atoms with Crippen LogP contribution in [0.15, 0.2) is 29.9 Å². The number of aromatic nitrogens is 2. The number of thiazole rings is 1. The third kappa shape index (κ3) is 2.56. The summed E-state index contributed by atoms with van der Waals surface area (Å²) in [6, 6.07) is 3.70. The Morgan fingerprint density at radius 2 is 2.16 bits per heavy atom. The molecule has 1 aromatic carbocycles. The van der Waals surface area contributed by atoms with E-state index >= 15 is 0 Å². The molecule has 0 saturated heterocycles. The molecule has 2 aromatic heterocycles. The molecule has 0 atom stereocenters. The van der Waals surface area contributed by atoms with Crippen molar-refractivity contribution in [1.82, 2.24) is 9.38 Å². The first-order valence-electron chi connectivity index (χ1n) is 5.74. The summed E-state index contributed by atoms with van der Waals surface area (Å²) in [6.45, 7) is 2.55. The molecule has 0 saturated carbocycles. The van der Waals surface area contributed by atoms with Gasteiger partial charge in [-0.25, -0.2) is 4.98 Å². The van der Waals surface area contributed by atoms with Crippen molar-refractivity contribution in [3.05, 3.63) is 51.2 Å². The van der Waals surface area contributed by atoms with Crippen LogP contribution in [0.4, 0.5) is 5.69 Å². The van der Waals surface area contributed by atoms with E-state index in [-0.39, 0.29) is 0 Å². The molecule has 6 heteroatoms. The maximum absolute atomic E-state index is 6.18. The molecule has 98 valence electrons. The molecule has 0 bridgehead atoms. The zero-order valence-electron chi connectivity index (χ0n) is 10.2. The van der Waals surface area contributed by atoms with Crippen LogP contribution in [0.2, 0.25) is 10.0 Å². The van der Waals surface area contributed by atoms with Crippen molar-refractivity contribution in [2.24, 2.45) is 0 Å². The van der Waals surface area contributed by atoms with E-state index in [0.717, 1.165) is 21.9 Å². The molecule has 0 radical (unpaired) electrons. The molecule has 0 spiro atoms. The third-order valence-electron chi connectivity index (χ3n) is 2.85. The van der Waals surface area contributed by atoms with Crippen LogP contribution in [0.3, 0.4) is 0 Å². The van der Waals surface area contributed by atoms with Gasteiger partial charge in [-0.15, -0.1) is 11.3 Å². The van der Waals surface area contributed by atoms with Crippen LogP contribution in [-0.2, 0) is 6.54 Å². The highest BCUT2D eigenvalue weighted by Gasteiger charge is 2.06. The monoisotopic (exact) mass is 311 g/mol. The smallest absolute Gasteiger partial charge is 0.193 e. The molecule has 0 unspecified atom stereocenters. The number of nitrogens with zero attached hydrogens (tertiary/aromatic N) is 2. The topological polar surface area (TPSA) is 29.3 Å². The first-order valence-corrected chi connectivity index (χ1v) is 7.37. The molecule has 3 nitrogen and oxygen atoms in total. The average Bonchev–Trinajstić information content (AvgIpc) is 2.92. The summed E-state index contributed by atoms with van der Waals surface area (Å²) < 4.78 is 2.01. The van der Waals surface area contributed by atoms with Gasteiger partial charge in [0.1, 0.15) is 0 Å². The SMILES string of the molecule is Cc1cc(Cl)c(NCc2cn3ccsc3n2)cc1Cl. The van der Waals surface area contributed by atoms with E-state index in [0.29, 0.717) is 16.6 Å². The van der Waals surface area contributed by atoms with Crippen molar-refractivity contribution in [2.45, 2.75) is 13.5 Å². The molecular weight excluding hydrogens is 301 g/mol. The van der Waals surface area contributed by atoms with E-state index in [1.54, 1.807) is 11.3 Å². The quantitative estimate of drug-likeness (QED) is 0.764. The van der Waals surface area contributed by atoms with Gasteiger partial charge in [0.15, 0.2) is 4.96 Å². The summed E-state index contributed by atoms with van der Waals surface area (Å²) in [4.78, 5) is 5.49. The fourth-order valence-corrected chi connectivity index (χ4v) is 3.00. The average molecular weight is 312 g/mol. The first kappa shape index (κ1) is 12.8. The van der Waals surface area contributed by atoms with Crippen molar-refractivity contribution in [3.8, 4) is 0 Å². The maximum Gasteiger partial charge on any atom is 0.193 e. The number of hydrogen-bond donors (Lipinski definition) is 1. The summed E-state index contributed by atoms with van der Waals surface area (Å²) in [7, 11) is 0. The van der Waals surface area contributed by atoms with Crippen LogP contribution in [0.25, 0.3) is 4.96 Å². The van der Waals surface area contributed by atoms with Crippen molar-refractivity contribution in [3.63, 3.8) is 0 Å². The highest BCUT2D eigenvalue weighted by Crippen LogP contribution is 2.29. The molecule has 1 N–H and O–H groups in total. The van der Waals surface area contributed by atoms with Crippen LogP contribution in [0.5, 0.6) is 0 Å². The molecule has 0 fully saturated rings. The lowest BCUT2D eigenvalue weighted by molar-refractivity contribution is 1.08. The van der Waals surface area contributed by atoms with Gasteiger partial charge in [-0.1, -0.05) is 23.2 Å². The first-order chi connectivity index (χ1) is 9.13. The Morgan fingerprint density at radius 1 is 1.32 bits per heavy atom. The largest absolute Gasteiger partial charge is 0.378 e. The Bertz CT molecular complexity index is 704. The Labute approximate surface area is 124 Å². The highest BCUT2D eigenvalue weighted by atomic mass is 35.5. The normalized spacial score (nSPS) is 11.1. The zero-order chi connectivity index (χ0) is 13.4. The van der Waals surface area contributed by atoms with E-state index in [4.69, 9.17) is 23.2 Å². The van der Waals surface area contributed by atoms with Crippen LogP contribution in [0, 0.1) is 6.92 Å². The molecule has 0 aliphatic rings. The number of hydrogen-bond acceptors (Lipinski definition) is 3. The van der Waals surface area contributed by atoms with Crippen molar-refractivity contribution >= 4 is 45.2 Å².